The number of quaternary nitrogens is 1. The van der Waals surface area contributed by atoms with Gasteiger partial charge >= 0.3 is 5.97 Å². The van der Waals surface area contributed by atoms with E-state index in [1.807, 2.05) is 6.92 Å². The molecule has 0 aliphatic heterocycles. The lowest BCUT2D eigenvalue weighted by Crippen LogP contribution is -3.12. The molecule has 6 nitrogen and oxygen atoms in total. The van der Waals surface area contributed by atoms with Gasteiger partial charge in [-0.25, -0.2) is 4.79 Å². The first-order chi connectivity index (χ1) is 11.0. The van der Waals surface area contributed by atoms with Crippen LogP contribution in [0.15, 0.2) is 12.1 Å². The molecule has 1 unspecified atom stereocenters. The van der Waals surface area contributed by atoms with Crippen molar-refractivity contribution in [2.45, 2.75) is 26.9 Å². The standard InChI is InChI=1S/C17H27NO5/c1-7-18(8-2)11-12(3)23-17(19)13-9-14(20-4)16(22-6)15(10-13)21-5/h9-10,12H,7-8,11H2,1-6H3/p+1. The van der Waals surface area contributed by atoms with Gasteiger partial charge in [-0.1, -0.05) is 0 Å². The van der Waals surface area contributed by atoms with Crippen molar-refractivity contribution in [2.24, 2.45) is 0 Å². The van der Waals surface area contributed by atoms with Crippen LogP contribution >= 0.6 is 0 Å². The molecule has 0 radical (unpaired) electrons. The van der Waals surface area contributed by atoms with Crippen LogP contribution in [0.5, 0.6) is 17.2 Å². The number of carbonyl (C=O) groups excluding carboxylic acids is 1. The molecule has 6 heteroatoms. The number of methoxy groups -OCH3 is 3. The van der Waals surface area contributed by atoms with E-state index in [-0.39, 0.29) is 6.10 Å². The molecule has 0 saturated carbocycles. The fraction of sp³-hybridized carbons (Fsp3) is 0.588. The Hall–Kier alpha value is -1.95. The van der Waals surface area contributed by atoms with E-state index in [4.69, 9.17) is 18.9 Å². The maximum Gasteiger partial charge on any atom is 0.338 e. The van der Waals surface area contributed by atoms with Gasteiger partial charge in [0.05, 0.1) is 40.0 Å². The van der Waals surface area contributed by atoms with E-state index in [9.17, 15) is 4.79 Å². The van der Waals surface area contributed by atoms with Crippen LogP contribution in [0.3, 0.4) is 0 Å². The maximum atomic E-state index is 12.4. The Morgan fingerprint density at radius 2 is 1.57 bits per heavy atom. The van der Waals surface area contributed by atoms with Gasteiger partial charge in [-0.3, -0.25) is 0 Å². The molecule has 0 saturated heterocycles. The average molecular weight is 326 g/mol. The Bertz CT molecular complexity index is 489. The van der Waals surface area contributed by atoms with Crippen molar-refractivity contribution < 1.29 is 28.6 Å². The second-order valence-corrected chi connectivity index (χ2v) is 5.29. The topological polar surface area (TPSA) is 58.4 Å². The van der Waals surface area contributed by atoms with Gasteiger partial charge in [0.15, 0.2) is 11.5 Å². The quantitative estimate of drug-likeness (QED) is 0.691. The largest absolute Gasteiger partial charge is 0.493 e. The average Bonchev–Trinajstić information content (AvgIpc) is 2.57. The van der Waals surface area contributed by atoms with Crippen molar-refractivity contribution in [1.29, 1.82) is 0 Å². The van der Waals surface area contributed by atoms with Crippen molar-refractivity contribution >= 4 is 5.97 Å². The highest BCUT2D eigenvalue weighted by Gasteiger charge is 2.20. The van der Waals surface area contributed by atoms with Gasteiger partial charge in [0, 0.05) is 0 Å². The van der Waals surface area contributed by atoms with Crippen molar-refractivity contribution in [1.82, 2.24) is 0 Å². The summed E-state index contributed by atoms with van der Waals surface area (Å²) in [5, 5.41) is 0. The van der Waals surface area contributed by atoms with E-state index in [0.717, 1.165) is 19.6 Å². The number of esters is 1. The molecule has 1 aromatic carbocycles. The molecule has 0 aromatic heterocycles. The number of nitrogens with one attached hydrogen (secondary N) is 1. The first-order valence-electron chi connectivity index (χ1n) is 7.85. The van der Waals surface area contributed by atoms with Crippen molar-refractivity contribution in [3.05, 3.63) is 17.7 Å². The van der Waals surface area contributed by atoms with Gasteiger partial charge in [-0.15, -0.1) is 0 Å². The van der Waals surface area contributed by atoms with E-state index in [1.165, 1.54) is 26.2 Å². The maximum absolute atomic E-state index is 12.4. The molecule has 0 aliphatic rings. The highest BCUT2D eigenvalue weighted by atomic mass is 16.5. The summed E-state index contributed by atoms with van der Waals surface area (Å²) in [7, 11) is 4.55. The predicted molar refractivity (Wildman–Crippen MR) is 87.9 cm³/mol. The molecule has 1 aromatic rings. The summed E-state index contributed by atoms with van der Waals surface area (Å²) in [6.45, 7) is 8.93. The minimum absolute atomic E-state index is 0.170. The Labute approximate surface area is 138 Å². The highest BCUT2D eigenvalue weighted by Crippen LogP contribution is 2.38. The Morgan fingerprint density at radius 3 is 1.96 bits per heavy atom. The molecular weight excluding hydrogens is 298 g/mol. The zero-order chi connectivity index (χ0) is 17.4. The van der Waals surface area contributed by atoms with Crippen molar-refractivity contribution in [2.75, 3.05) is 41.0 Å². The molecule has 1 N–H and O–H groups in total. The lowest BCUT2D eigenvalue weighted by molar-refractivity contribution is -0.899. The molecule has 0 spiro atoms. The molecule has 1 atom stereocenters. The highest BCUT2D eigenvalue weighted by molar-refractivity contribution is 5.91. The number of hydrogen-bond acceptors (Lipinski definition) is 5. The number of likely N-dealkylation sites (N-methyl/N-ethyl adjacent to an activating group) is 1. The van der Waals surface area contributed by atoms with Crippen LogP contribution in [0, 0.1) is 0 Å². The van der Waals surface area contributed by atoms with Crippen LogP contribution in [0.2, 0.25) is 0 Å². The lowest BCUT2D eigenvalue weighted by atomic mass is 10.2. The second-order valence-electron chi connectivity index (χ2n) is 5.29. The van der Waals surface area contributed by atoms with Gasteiger partial charge in [-0.05, 0) is 32.9 Å². The lowest BCUT2D eigenvalue weighted by Gasteiger charge is -2.20. The van der Waals surface area contributed by atoms with Gasteiger partial charge in [0.2, 0.25) is 5.75 Å². The van der Waals surface area contributed by atoms with E-state index < -0.39 is 5.97 Å². The van der Waals surface area contributed by atoms with Crippen LogP contribution in [0.4, 0.5) is 0 Å². The van der Waals surface area contributed by atoms with Crippen LogP contribution in [0.25, 0.3) is 0 Å². The van der Waals surface area contributed by atoms with Gasteiger partial charge in [0.1, 0.15) is 12.6 Å². The van der Waals surface area contributed by atoms with Crippen LogP contribution in [0.1, 0.15) is 31.1 Å². The van der Waals surface area contributed by atoms with E-state index >= 15 is 0 Å². The first-order valence-corrected chi connectivity index (χ1v) is 7.85. The second kappa shape index (κ2) is 9.25. The fourth-order valence-corrected chi connectivity index (χ4v) is 2.44. The summed E-state index contributed by atoms with van der Waals surface area (Å²) in [6.07, 6.45) is -0.170. The molecule has 0 fully saturated rings. The zero-order valence-electron chi connectivity index (χ0n) is 14.9. The Kier molecular flexibility index (Phi) is 7.68. The predicted octanol–water partition coefficient (Wildman–Crippen LogP) is 1.18. The fourth-order valence-electron chi connectivity index (χ4n) is 2.44. The molecule has 0 amide bonds. The number of rotatable bonds is 9. The minimum Gasteiger partial charge on any atom is -0.493 e. The number of benzene rings is 1. The SMILES string of the molecule is CC[NH+](CC)CC(C)OC(=O)c1cc(OC)c(OC)c(OC)c1. The molecular formula is C17H28NO5+. The number of ether oxygens (including phenoxy) is 4. The third-order valence-electron chi connectivity index (χ3n) is 3.78. The van der Waals surface area contributed by atoms with Crippen molar-refractivity contribution in [3.63, 3.8) is 0 Å². The number of carbonyl (C=O) groups is 1. The summed E-state index contributed by atoms with van der Waals surface area (Å²) < 4.78 is 21.3. The van der Waals surface area contributed by atoms with Crippen LogP contribution < -0.4 is 19.1 Å². The minimum atomic E-state index is -0.400. The monoisotopic (exact) mass is 326 g/mol. The summed E-state index contributed by atoms with van der Waals surface area (Å²) in [5.74, 6) is 0.914. The van der Waals surface area contributed by atoms with Crippen molar-refractivity contribution in [3.8, 4) is 17.2 Å². The van der Waals surface area contributed by atoms with Crippen LogP contribution in [-0.2, 0) is 4.74 Å². The molecule has 130 valence electrons. The van der Waals surface area contributed by atoms with Gasteiger partial charge in [-0.2, -0.15) is 0 Å². The van der Waals surface area contributed by atoms with E-state index in [0.29, 0.717) is 22.8 Å². The molecule has 0 bridgehead atoms. The normalized spacial score (nSPS) is 12.0. The Balaban J connectivity index is 2.91. The van der Waals surface area contributed by atoms with Gasteiger partial charge in [0.25, 0.3) is 0 Å². The summed E-state index contributed by atoms with van der Waals surface area (Å²) >= 11 is 0. The Morgan fingerprint density at radius 1 is 1.04 bits per heavy atom. The summed E-state index contributed by atoms with van der Waals surface area (Å²) in [6, 6.07) is 3.20. The van der Waals surface area contributed by atoms with Crippen LogP contribution in [-0.4, -0.2) is 53.0 Å². The molecule has 0 heterocycles. The number of hydrogen-bond donors (Lipinski definition) is 1. The van der Waals surface area contributed by atoms with Gasteiger partial charge < -0.3 is 23.8 Å². The first kappa shape index (κ1) is 19.1. The molecule has 0 aliphatic carbocycles. The van der Waals surface area contributed by atoms with E-state index in [2.05, 4.69) is 13.8 Å². The summed E-state index contributed by atoms with van der Waals surface area (Å²) in [5.41, 5.74) is 0.376. The third-order valence-corrected chi connectivity index (χ3v) is 3.78. The zero-order valence-corrected chi connectivity index (χ0v) is 14.9. The smallest absolute Gasteiger partial charge is 0.338 e. The molecule has 23 heavy (non-hydrogen) atoms. The molecule has 1 rings (SSSR count). The third kappa shape index (κ3) is 5.03. The summed E-state index contributed by atoms with van der Waals surface area (Å²) in [4.78, 5) is 13.8. The van der Waals surface area contributed by atoms with E-state index in [1.54, 1.807) is 12.1 Å².